The van der Waals surface area contributed by atoms with Gasteiger partial charge in [0.1, 0.15) is 0 Å². The Balaban J connectivity index is 1.42. The number of nitrogens with zero attached hydrogens (tertiary/aromatic N) is 2. The Morgan fingerprint density at radius 2 is 0.786 bits per heavy atom. The van der Waals surface area contributed by atoms with Crippen molar-refractivity contribution in [3.8, 4) is 44.5 Å². The molecule has 7 heteroatoms. The van der Waals surface area contributed by atoms with Crippen LogP contribution in [-0.4, -0.2) is 31.2 Å². The lowest BCUT2D eigenvalue weighted by Gasteiger charge is -2.08. The Morgan fingerprint density at radius 3 is 1.18 bits per heavy atom. The third kappa shape index (κ3) is 6.71. The van der Waals surface area contributed by atoms with Gasteiger partial charge < -0.3 is 15.3 Å². The monoisotopic (exact) mass is 791 g/mol. The number of halogens is 1. The van der Waals surface area contributed by atoms with Crippen LogP contribution >= 0.6 is 15.9 Å². The van der Waals surface area contributed by atoms with Gasteiger partial charge in [0.15, 0.2) is 0 Å². The number of amides is 1. The normalized spacial score (nSPS) is 11.9. The predicted octanol–water partition coefficient (Wildman–Crippen LogP) is 12.6. The fraction of sp³-hybridized carbons (Fsp3) is 0.0816. The van der Waals surface area contributed by atoms with Gasteiger partial charge in [0.05, 0.1) is 28.1 Å². The number of anilines is 1. The zero-order chi connectivity index (χ0) is 38.3. The first-order chi connectivity index (χ1) is 27.3. The molecule has 0 aliphatic carbocycles. The van der Waals surface area contributed by atoms with E-state index in [1.54, 1.807) is 0 Å². The molecule has 3 aromatic heterocycles. The molecule has 2 aliphatic rings. The minimum absolute atomic E-state index is 0.103. The van der Waals surface area contributed by atoms with Crippen LogP contribution in [-0.2, 0) is 4.79 Å². The average molecular weight is 793 g/mol. The van der Waals surface area contributed by atoms with Gasteiger partial charge in [-0.15, -0.1) is 0 Å². The number of alkyl halides is 1. The molecular weight excluding hydrogens is 754 g/mol. The molecule has 5 heterocycles. The summed E-state index contributed by atoms with van der Waals surface area (Å²) in [4.78, 5) is 30.6. The third-order valence-electron chi connectivity index (χ3n) is 10.4. The van der Waals surface area contributed by atoms with Gasteiger partial charge in [-0.3, -0.25) is 4.79 Å². The number of carbonyl (C=O) groups is 1. The zero-order valence-corrected chi connectivity index (χ0v) is 32.8. The largest absolute Gasteiger partial charge is 0.354 e. The van der Waals surface area contributed by atoms with Gasteiger partial charge >= 0.3 is 0 Å². The first kappa shape index (κ1) is 35.2. The quantitative estimate of drug-likeness (QED) is 0.147. The SMILES string of the molecule is Cc1ccc(-c2c3nc(c(-c4ccc(C)cc4)c4ccc([nH]4)c(-c4ccc(NC(=O)CBr)cc4)c4ccc([nH]4)c(-c4ccc(C)cc4)c4nc2C=C4)C=C3)cc1. The molecule has 2 aliphatic heterocycles. The Morgan fingerprint density at radius 1 is 0.464 bits per heavy atom. The Labute approximate surface area is 333 Å². The maximum absolute atomic E-state index is 12.2. The van der Waals surface area contributed by atoms with Gasteiger partial charge in [0.2, 0.25) is 5.91 Å². The summed E-state index contributed by atoms with van der Waals surface area (Å²) in [6.07, 6.45) is 8.47. The number of benzene rings is 4. The van der Waals surface area contributed by atoms with E-state index in [1.165, 1.54) is 16.7 Å². The van der Waals surface area contributed by atoms with E-state index in [9.17, 15) is 4.79 Å². The molecule has 0 saturated carbocycles. The Bertz CT molecular complexity index is 2730. The van der Waals surface area contributed by atoms with Crippen molar-refractivity contribution in [3.05, 3.63) is 161 Å². The summed E-state index contributed by atoms with van der Waals surface area (Å²) >= 11 is 3.25. The number of rotatable bonds is 6. The van der Waals surface area contributed by atoms with Gasteiger partial charge in [-0.05, 0) is 104 Å². The first-order valence-corrected chi connectivity index (χ1v) is 19.8. The van der Waals surface area contributed by atoms with E-state index < -0.39 is 0 Å². The van der Waals surface area contributed by atoms with E-state index in [2.05, 4.69) is 173 Å². The molecule has 56 heavy (non-hydrogen) atoms. The summed E-state index contributed by atoms with van der Waals surface area (Å²) in [7, 11) is 0. The summed E-state index contributed by atoms with van der Waals surface area (Å²) in [5, 5.41) is 3.17. The van der Waals surface area contributed by atoms with E-state index in [4.69, 9.17) is 9.97 Å². The van der Waals surface area contributed by atoms with Crippen LogP contribution in [0.1, 0.15) is 39.5 Å². The second-order valence-corrected chi connectivity index (χ2v) is 14.9. The molecule has 0 spiro atoms. The molecule has 0 radical (unpaired) electrons. The van der Waals surface area contributed by atoms with Crippen LogP contribution in [0.2, 0.25) is 0 Å². The third-order valence-corrected chi connectivity index (χ3v) is 10.9. The van der Waals surface area contributed by atoms with Crippen molar-refractivity contribution >= 4 is 73.9 Å². The van der Waals surface area contributed by atoms with E-state index in [-0.39, 0.29) is 11.2 Å². The van der Waals surface area contributed by atoms with Crippen molar-refractivity contribution in [1.29, 1.82) is 0 Å². The van der Waals surface area contributed by atoms with Crippen LogP contribution < -0.4 is 5.32 Å². The molecule has 1 amide bonds. The maximum Gasteiger partial charge on any atom is 0.235 e. The molecule has 9 rings (SSSR count). The predicted molar refractivity (Wildman–Crippen MR) is 237 cm³/mol. The minimum Gasteiger partial charge on any atom is -0.354 e. The smallest absolute Gasteiger partial charge is 0.235 e. The lowest BCUT2D eigenvalue weighted by Crippen LogP contribution is -2.11. The molecule has 0 saturated heterocycles. The molecule has 0 fully saturated rings. The van der Waals surface area contributed by atoms with Crippen LogP contribution in [0.25, 0.3) is 90.9 Å². The van der Waals surface area contributed by atoms with Gasteiger partial charge in [-0.1, -0.05) is 118 Å². The second-order valence-electron chi connectivity index (χ2n) is 14.4. The number of aryl methyl sites for hydroxylation is 3. The molecule has 0 atom stereocenters. The number of hydrogen-bond acceptors (Lipinski definition) is 3. The van der Waals surface area contributed by atoms with Crippen LogP contribution in [0, 0.1) is 20.8 Å². The molecule has 0 unspecified atom stereocenters. The van der Waals surface area contributed by atoms with Crippen molar-refractivity contribution < 1.29 is 4.79 Å². The summed E-state index contributed by atoms with van der Waals surface area (Å²) in [6, 6.07) is 42.4. The first-order valence-electron chi connectivity index (χ1n) is 18.6. The number of hydrogen-bond donors (Lipinski definition) is 3. The molecule has 272 valence electrons. The molecule has 6 nitrogen and oxygen atoms in total. The number of fused-ring (bicyclic) bond motifs is 8. The maximum atomic E-state index is 12.2. The average Bonchev–Trinajstić information content (AvgIpc) is 4.05. The minimum atomic E-state index is -0.103. The Kier molecular flexibility index (Phi) is 9.15. The number of nitrogens with one attached hydrogen (secondary N) is 3. The fourth-order valence-corrected chi connectivity index (χ4v) is 7.64. The summed E-state index contributed by atoms with van der Waals surface area (Å²) < 4.78 is 0. The van der Waals surface area contributed by atoms with Crippen molar-refractivity contribution in [2.45, 2.75) is 20.8 Å². The molecule has 4 aromatic carbocycles. The summed E-state index contributed by atoms with van der Waals surface area (Å²) in [6.45, 7) is 6.32. The van der Waals surface area contributed by atoms with Crippen molar-refractivity contribution in [2.24, 2.45) is 0 Å². The van der Waals surface area contributed by atoms with Gasteiger partial charge in [-0.2, -0.15) is 0 Å². The van der Waals surface area contributed by atoms with E-state index in [1.807, 2.05) is 24.3 Å². The van der Waals surface area contributed by atoms with Gasteiger partial charge in [-0.25, -0.2) is 9.97 Å². The zero-order valence-electron chi connectivity index (χ0n) is 31.2. The molecule has 7 aromatic rings. The highest BCUT2D eigenvalue weighted by Gasteiger charge is 2.19. The van der Waals surface area contributed by atoms with E-state index in [0.29, 0.717) is 0 Å². The summed E-state index contributed by atoms with van der Waals surface area (Å²) in [5.41, 5.74) is 19.7. The second kappa shape index (κ2) is 14.6. The molecular formula is C49H38BrN5O. The lowest BCUT2D eigenvalue weighted by atomic mass is 10.0. The number of aromatic nitrogens is 4. The van der Waals surface area contributed by atoms with Gasteiger partial charge in [0, 0.05) is 50.0 Å². The molecule has 8 bridgehead atoms. The highest BCUT2D eigenvalue weighted by molar-refractivity contribution is 9.09. The Hall–Kier alpha value is -6.57. The highest BCUT2D eigenvalue weighted by Crippen LogP contribution is 2.38. The number of aromatic amines is 2. The van der Waals surface area contributed by atoms with Crippen LogP contribution in [0.4, 0.5) is 5.69 Å². The van der Waals surface area contributed by atoms with Crippen molar-refractivity contribution in [2.75, 3.05) is 10.6 Å². The number of carbonyl (C=O) groups excluding carboxylic acids is 1. The van der Waals surface area contributed by atoms with Crippen LogP contribution in [0.5, 0.6) is 0 Å². The van der Waals surface area contributed by atoms with E-state index in [0.717, 1.165) is 95.0 Å². The highest BCUT2D eigenvalue weighted by atomic mass is 79.9. The van der Waals surface area contributed by atoms with Crippen LogP contribution in [0.15, 0.2) is 121 Å². The van der Waals surface area contributed by atoms with Crippen LogP contribution in [0.3, 0.4) is 0 Å². The van der Waals surface area contributed by atoms with E-state index >= 15 is 0 Å². The fourth-order valence-electron chi connectivity index (χ4n) is 7.50. The topological polar surface area (TPSA) is 86.5 Å². The van der Waals surface area contributed by atoms with Crippen molar-refractivity contribution in [3.63, 3.8) is 0 Å². The van der Waals surface area contributed by atoms with Gasteiger partial charge in [0.25, 0.3) is 0 Å². The lowest BCUT2D eigenvalue weighted by molar-refractivity contribution is -0.113. The number of H-pyrrole nitrogens is 2. The van der Waals surface area contributed by atoms with Crippen molar-refractivity contribution in [1.82, 2.24) is 19.9 Å². The molecule has 3 N–H and O–H groups in total. The summed E-state index contributed by atoms with van der Waals surface area (Å²) in [5.74, 6) is -0.103. The standard InChI is InChI=1S/C49H38BrN5O/c1-29-4-10-32(11-5-29)46-37-20-22-39(52-37)47(33-12-6-30(2)7-13-33)41-24-26-43(54-41)49(35-16-18-36(19-17-35)51-45(56)28-50)44-27-25-42(55-44)48(40-23-21-38(46)53-40)34-14-8-31(3)9-15-34/h4-27,54-55H,28H2,1-3H3,(H,51,56).